The molecule has 2 aromatic heterocycles. The number of anilines is 1. The summed E-state index contributed by atoms with van der Waals surface area (Å²) < 4.78 is 40.1. The Bertz CT molecular complexity index is 1300. The molecule has 3 N–H and O–H groups in total. The lowest BCUT2D eigenvalue weighted by atomic mass is 9.93. The number of aromatic nitrogens is 3. The standard InChI is InChI=1S/C30H40F3N7O.ClH/c31-30(32,33)10-12-35-29-36-18-26-27(20-40(28(26)37-29)23-5-7-25(41)8-6-23)22-3-1-21(2-4-22)19-38-13-15-39(16-14-38)24-9-11-34-17-24;/h1-4,18,20,23-25,34,41H,5-17,19H2,(H,35,36,37);1H/t23-,24?,25-;. The monoisotopic (exact) mass is 607 g/mol. The minimum absolute atomic E-state index is 0. The van der Waals surface area contributed by atoms with Gasteiger partial charge in [0.1, 0.15) is 5.65 Å². The Morgan fingerprint density at radius 1 is 0.976 bits per heavy atom. The molecule has 8 nitrogen and oxygen atoms in total. The predicted molar refractivity (Wildman–Crippen MR) is 161 cm³/mol. The molecule has 0 bridgehead atoms. The van der Waals surface area contributed by atoms with Crippen molar-refractivity contribution in [1.82, 2.24) is 29.7 Å². The number of aliphatic hydroxyl groups excluding tert-OH is 1. The third kappa shape index (κ3) is 7.37. The smallest absolute Gasteiger partial charge is 0.390 e. The lowest BCUT2D eigenvalue weighted by Crippen LogP contribution is -2.50. The zero-order valence-electron chi connectivity index (χ0n) is 23.8. The number of nitrogens with one attached hydrogen (secondary N) is 2. The van der Waals surface area contributed by atoms with Crippen LogP contribution in [0.15, 0.2) is 36.7 Å². The highest BCUT2D eigenvalue weighted by Gasteiger charge is 2.28. The molecule has 3 fully saturated rings. The van der Waals surface area contributed by atoms with Crippen LogP contribution < -0.4 is 10.6 Å². The molecule has 1 aromatic carbocycles. The molecule has 3 aliphatic rings. The van der Waals surface area contributed by atoms with Gasteiger partial charge in [0.25, 0.3) is 0 Å². The van der Waals surface area contributed by atoms with Gasteiger partial charge in [-0.25, -0.2) is 4.98 Å². The summed E-state index contributed by atoms with van der Waals surface area (Å²) in [5.41, 5.74) is 4.07. The molecule has 1 aliphatic carbocycles. The lowest BCUT2D eigenvalue weighted by molar-refractivity contribution is -0.131. The maximum absolute atomic E-state index is 12.7. The molecule has 1 saturated carbocycles. The van der Waals surface area contributed by atoms with Crippen molar-refractivity contribution in [2.24, 2.45) is 0 Å². The van der Waals surface area contributed by atoms with Crippen molar-refractivity contribution in [2.45, 2.75) is 69.4 Å². The van der Waals surface area contributed by atoms with Crippen LogP contribution in [0.1, 0.15) is 50.1 Å². The second-order valence-corrected chi connectivity index (χ2v) is 11.8. The normalized spacial score (nSPS) is 24.1. The number of piperazine rings is 1. The zero-order chi connectivity index (χ0) is 28.4. The van der Waals surface area contributed by atoms with Crippen molar-refractivity contribution in [3.05, 3.63) is 42.2 Å². The topological polar surface area (TPSA) is 81.5 Å². The summed E-state index contributed by atoms with van der Waals surface area (Å²) >= 11 is 0. The van der Waals surface area contributed by atoms with E-state index in [0.717, 1.165) is 88.0 Å². The SMILES string of the molecule is Cl.O[C@H]1CC[C@H](n2cc(-c3ccc(CN4CCN(C5CCNC5)CC4)cc3)c3cnc(NCCC(F)(F)F)nc32)CC1. The van der Waals surface area contributed by atoms with E-state index in [1.807, 2.05) is 0 Å². The van der Waals surface area contributed by atoms with Gasteiger partial charge in [0.15, 0.2) is 0 Å². The first-order valence-corrected chi connectivity index (χ1v) is 14.9. The number of hydrogen-bond acceptors (Lipinski definition) is 7. The average Bonchev–Trinajstić information content (AvgIpc) is 3.63. The molecule has 0 radical (unpaired) electrons. The van der Waals surface area contributed by atoms with Gasteiger partial charge in [-0.05, 0) is 49.8 Å². The van der Waals surface area contributed by atoms with Crippen LogP contribution in [-0.2, 0) is 6.54 Å². The Hall–Kier alpha value is -2.44. The average molecular weight is 608 g/mol. The summed E-state index contributed by atoms with van der Waals surface area (Å²) in [6, 6.07) is 9.54. The highest BCUT2D eigenvalue weighted by molar-refractivity contribution is 5.94. The molecule has 0 amide bonds. The molecule has 3 aromatic rings. The van der Waals surface area contributed by atoms with Crippen molar-refractivity contribution in [2.75, 3.05) is 51.1 Å². The fourth-order valence-corrected chi connectivity index (χ4v) is 6.56. The van der Waals surface area contributed by atoms with Gasteiger partial charge in [-0.2, -0.15) is 18.2 Å². The van der Waals surface area contributed by atoms with Crippen LogP contribution in [0.2, 0.25) is 0 Å². The highest BCUT2D eigenvalue weighted by Crippen LogP contribution is 2.37. The summed E-state index contributed by atoms with van der Waals surface area (Å²) in [4.78, 5) is 14.2. The number of aliphatic hydroxyl groups is 1. The first-order valence-electron chi connectivity index (χ1n) is 14.9. The van der Waals surface area contributed by atoms with Crippen molar-refractivity contribution in [1.29, 1.82) is 0 Å². The van der Waals surface area contributed by atoms with E-state index in [-0.39, 0.29) is 37.0 Å². The van der Waals surface area contributed by atoms with Crippen LogP contribution in [0.3, 0.4) is 0 Å². The van der Waals surface area contributed by atoms with Gasteiger partial charge in [0, 0.05) is 81.2 Å². The quantitative estimate of drug-likeness (QED) is 0.338. The third-order valence-electron chi connectivity index (χ3n) is 8.95. The second kappa shape index (κ2) is 13.5. The minimum atomic E-state index is -4.24. The van der Waals surface area contributed by atoms with E-state index in [9.17, 15) is 18.3 Å². The molecule has 12 heteroatoms. The first kappa shape index (κ1) is 31.0. The van der Waals surface area contributed by atoms with Crippen molar-refractivity contribution in [3.63, 3.8) is 0 Å². The molecule has 1 atom stereocenters. The largest absolute Gasteiger partial charge is 0.393 e. The maximum atomic E-state index is 12.7. The van der Waals surface area contributed by atoms with Gasteiger partial charge in [0.05, 0.1) is 12.5 Å². The molecular weight excluding hydrogens is 567 g/mol. The Kier molecular flexibility index (Phi) is 9.94. The highest BCUT2D eigenvalue weighted by atomic mass is 35.5. The third-order valence-corrected chi connectivity index (χ3v) is 8.95. The van der Waals surface area contributed by atoms with Gasteiger partial charge >= 0.3 is 6.18 Å². The Labute approximate surface area is 251 Å². The van der Waals surface area contributed by atoms with E-state index >= 15 is 0 Å². The number of benzene rings is 1. The summed E-state index contributed by atoms with van der Waals surface area (Å²) in [5, 5.41) is 17.1. The molecule has 1 unspecified atom stereocenters. The van der Waals surface area contributed by atoms with Crippen LogP contribution in [0, 0.1) is 0 Å². The molecular formula is C30H41ClF3N7O. The minimum Gasteiger partial charge on any atom is -0.393 e. The van der Waals surface area contributed by atoms with Crippen LogP contribution in [0.25, 0.3) is 22.2 Å². The number of fused-ring (bicyclic) bond motifs is 1. The summed E-state index contributed by atoms with van der Waals surface area (Å²) in [5.74, 6) is 0.197. The summed E-state index contributed by atoms with van der Waals surface area (Å²) in [6.07, 6.45) is 2.72. The van der Waals surface area contributed by atoms with Gasteiger partial charge in [-0.1, -0.05) is 24.3 Å². The Morgan fingerprint density at radius 3 is 2.38 bits per heavy atom. The van der Waals surface area contributed by atoms with E-state index in [0.29, 0.717) is 11.7 Å². The molecule has 42 heavy (non-hydrogen) atoms. The van der Waals surface area contributed by atoms with Crippen LogP contribution in [0.4, 0.5) is 19.1 Å². The van der Waals surface area contributed by atoms with Crippen molar-refractivity contribution >= 4 is 29.4 Å². The molecule has 2 saturated heterocycles. The van der Waals surface area contributed by atoms with Crippen LogP contribution >= 0.6 is 12.4 Å². The number of hydrogen-bond donors (Lipinski definition) is 3. The molecule has 230 valence electrons. The molecule has 6 rings (SSSR count). The molecule has 4 heterocycles. The van der Waals surface area contributed by atoms with Crippen LogP contribution in [-0.4, -0.2) is 93.6 Å². The summed E-state index contributed by atoms with van der Waals surface area (Å²) in [6.45, 7) is 7.31. The van der Waals surface area contributed by atoms with Crippen molar-refractivity contribution < 1.29 is 18.3 Å². The van der Waals surface area contributed by atoms with Crippen molar-refractivity contribution in [3.8, 4) is 11.1 Å². The summed E-state index contributed by atoms with van der Waals surface area (Å²) in [7, 11) is 0. The predicted octanol–water partition coefficient (Wildman–Crippen LogP) is 4.84. The molecule has 2 aliphatic heterocycles. The van der Waals surface area contributed by atoms with Gasteiger partial charge in [-0.15, -0.1) is 12.4 Å². The maximum Gasteiger partial charge on any atom is 0.390 e. The van der Waals surface area contributed by atoms with Gasteiger partial charge in [0.2, 0.25) is 5.95 Å². The first-order chi connectivity index (χ1) is 19.8. The number of rotatable bonds is 8. The number of alkyl halides is 3. The zero-order valence-corrected chi connectivity index (χ0v) is 24.6. The van der Waals surface area contributed by atoms with Gasteiger partial charge < -0.3 is 20.3 Å². The van der Waals surface area contributed by atoms with E-state index in [4.69, 9.17) is 0 Å². The van der Waals surface area contributed by atoms with E-state index in [1.54, 1.807) is 6.20 Å². The fourth-order valence-electron chi connectivity index (χ4n) is 6.56. The second-order valence-electron chi connectivity index (χ2n) is 11.8. The molecule has 0 spiro atoms. The number of halogens is 4. The van der Waals surface area contributed by atoms with Crippen LogP contribution in [0.5, 0.6) is 0 Å². The van der Waals surface area contributed by atoms with E-state index in [2.05, 4.69) is 65.4 Å². The fraction of sp³-hybridized carbons (Fsp3) is 0.600. The van der Waals surface area contributed by atoms with Gasteiger partial charge in [-0.3, -0.25) is 9.80 Å². The lowest BCUT2D eigenvalue weighted by Gasteiger charge is -2.37. The Morgan fingerprint density at radius 2 is 1.71 bits per heavy atom. The number of nitrogens with zero attached hydrogens (tertiary/aromatic N) is 5. The Balaban J connectivity index is 0.00000353. The van der Waals surface area contributed by atoms with E-state index < -0.39 is 12.6 Å². The van der Waals surface area contributed by atoms with E-state index in [1.165, 1.54) is 12.0 Å².